The van der Waals surface area contributed by atoms with Crippen molar-refractivity contribution in [3.63, 3.8) is 0 Å². The van der Waals surface area contributed by atoms with Crippen LogP contribution in [0.2, 0.25) is 0 Å². The molecule has 1 heterocycles. The van der Waals surface area contributed by atoms with Crippen LogP contribution in [0, 0.1) is 13.8 Å². The Hall–Kier alpha value is -1.26. The van der Waals surface area contributed by atoms with Crippen LogP contribution >= 0.6 is 15.9 Å². The van der Waals surface area contributed by atoms with E-state index in [1.807, 2.05) is 31.2 Å². The number of rotatable bonds is 6. The lowest BCUT2D eigenvalue weighted by Crippen LogP contribution is -2.11. The molecule has 0 unspecified atom stereocenters. The van der Waals surface area contributed by atoms with Crippen LogP contribution in [0.15, 0.2) is 33.2 Å². The molecule has 4 heteroatoms. The van der Waals surface area contributed by atoms with Gasteiger partial charge in [-0.25, -0.2) is 0 Å². The van der Waals surface area contributed by atoms with Crippen LogP contribution in [0.5, 0.6) is 5.75 Å². The van der Waals surface area contributed by atoms with Gasteiger partial charge in [0, 0.05) is 4.47 Å². The maximum absolute atomic E-state index is 5.83. The number of hydrogen-bond acceptors (Lipinski definition) is 3. The second-order valence-corrected chi connectivity index (χ2v) is 5.71. The number of ether oxygens (including phenoxy) is 1. The fraction of sp³-hybridized carbons (Fsp3) is 0.375. The second-order valence-electron chi connectivity index (χ2n) is 4.80. The molecule has 0 saturated heterocycles. The summed E-state index contributed by atoms with van der Waals surface area (Å²) < 4.78 is 12.7. The third kappa shape index (κ3) is 3.87. The molecule has 1 aromatic heterocycles. The van der Waals surface area contributed by atoms with E-state index in [0.29, 0.717) is 6.61 Å². The zero-order valence-corrected chi connectivity index (χ0v) is 13.7. The summed E-state index contributed by atoms with van der Waals surface area (Å²) >= 11 is 3.46. The lowest BCUT2D eigenvalue weighted by atomic mass is 10.2. The quantitative estimate of drug-likeness (QED) is 0.850. The van der Waals surface area contributed by atoms with E-state index in [1.165, 1.54) is 0 Å². The van der Waals surface area contributed by atoms with E-state index < -0.39 is 0 Å². The molecule has 0 atom stereocenters. The third-order valence-corrected chi connectivity index (χ3v) is 3.62. The van der Waals surface area contributed by atoms with Gasteiger partial charge in [0.05, 0.1) is 6.54 Å². The predicted molar refractivity (Wildman–Crippen MR) is 84.0 cm³/mol. The predicted octanol–water partition coefficient (Wildman–Crippen LogP) is 4.35. The zero-order chi connectivity index (χ0) is 14.5. The number of halogens is 1. The largest absolute Gasteiger partial charge is 0.485 e. The van der Waals surface area contributed by atoms with Crippen LogP contribution in [0.3, 0.4) is 0 Å². The van der Waals surface area contributed by atoms with Gasteiger partial charge in [0.2, 0.25) is 0 Å². The first-order valence-corrected chi connectivity index (χ1v) is 7.57. The van der Waals surface area contributed by atoms with Gasteiger partial charge in [-0.3, -0.25) is 0 Å². The molecule has 0 aliphatic rings. The Morgan fingerprint density at radius 2 is 2.00 bits per heavy atom. The summed E-state index contributed by atoms with van der Waals surface area (Å²) in [7, 11) is 0. The summed E-state index contributed by atoms with van der Waals surface area (Å²) in [5, 5.41) is 3.27. The molecule has 0 fully saturated rings. The van der Waals surface area contributed by atoms with Crippen molar-refractivity contribution in [2.75, 3.05) is 6.54 Å². The average molecular weight is 338 g/mol. The van der Waals surface area contributed by atoms with E-state index in [-0.39, 0.29) is 0 Å². The molecule has 2 aromatic rings. The van der Waals surface area contributed by atoms with Crippen LogP contribution in [-0.4, -0.2) is 6.54 Å². The van der Waals surface area contributed by atoms with Gasteiger partial charge in [0.25, 0.3) is 0 Å². The third-order valence-electron chi connectivity index (χ3n) is 3.13. The van der Waals surface area contributed by atoms with Gasteiger partial charge in [0.15, 0.2) is 0 Å². The van der Waals surface area contributed by atoms with Crippen LogP contribution in [0.4, 0.5) is 0 Å². The fourth-order valence-corrected chi connectivity index (χ4v) is 2.29. The number of aryl methyl sites for hydroxylation is 2. The summed E-state index contributed by atoms with van der Waals surface area (Å²) in [5.74, 6) is 2.72. The monoisotopic (exact) mass is 337 g/mol. The van der Waals surface area contributed by atoms with Crippen LogP contribution in [0.25, 0.3) is 0 Å². The normalized spacial score (nSPS) is 10.8. The maximum atomic E-state index is 5.83. The summed E-state index contributed by atoms with van der Waals surface area (Å²) in [6, 6.07) is 8.06. The van der Waals surface area contributed by atoms with Crippen LogP contribution in [0.1, 0.15) is 29.6 Å². The lowest BCUT2D eigenvalue weighted by molar-refractivity contribution is 0.263. The van der Waals surface area contributed by atoms with Crippen molar-refractivity contribution in [1.82, 2.24) is 5.32 Å². The molecule has 0 aliphatic heterocycles. The minimum atomic E-state index is 0.449. The lowest BCUT2D eigenvalue weighted by Gasteiger charge is -2.08. The van der Waals surface area contributed by atoms with Gasteiger partial charge < -0.3 is 14.5 Å². The molecule has 20 heavy (non-hydrogen) atoms. The van der Waals surface area contributed by atoms with Crippen LogP contribution < -0.4 is 10.1 Å². The maximum Gasteiger partial charge on any atom is 0.146 e. The highest BCUT2D eigenvalue weighted by Gasteiger charge is 2.08. The van der Waals surface area contributed by atoms with E-state index >= 15 is 0 Å². The Bertz CT molecular complexity index is 578. The highest BCUT2D eigenvalue weighted by molar-refractivity contribution is 9.10. The fourth-order valence-electron chi connectivity index (χ4n) is 1.95. The van der Waals surface area contributed by atoms with Crippen molar-refractivity contribution in [3.05, 3.63) is 51.4 Å². The van der Waals surface area contributed by atoms with Crippen molar-refractivity contribution in [2.45, 2.75) is 33.9 Å². The minimum absolute atomic E-state index is 0.449. The molecule has 108 valence electrons. The summed E-state index contributed by atoms with van der Waals surface area (Å²) in [4.78, 5) is 0. The Balaban J connectivity index is 2.02. The molecule has 0 spiro atoms. The topological polar surface area (TPSA) is 34.4 Å². The molecular formula is C16H20BrNO2. The standard InChI is InChI=1S/C16H20BrNO2/c1-4-18-9-16-12(3)7-14(20-16)10-19-15-8-13(17)6-5-11(15)2/h5-8,18H,4,9-10H2,1-3H3. The summed E-state index contributed by atoms with van der Waals surface area (Å²) in [6.07, 6.45) is 0. The molecule has 0 radical (unpaired) electrons. The molecule has 0 saturated carbocycles. The van der Waals surface area contributed by atoms with Gasteiger partial charge in [-0.05, 0) is 49.7 Å². The first-order valence-electron chi connectivity index (χ1n) is 6.78. The van der Waals surface area contributed by atoms with Crippen molar-refractivity contribution in [2.24, 2.45) is 0 Å². The van der Waals surface area contributed by atoms with E-state index in [1.54, 1.807) is 0 Å². The zero-order valence-electron chi connectivity index (χ0n) is 12.1. The molecule has 0 aliphatic carbocycles. The molecular weight excluding hydrogens is 318 g/mol. The highest BCUT2D eigenvalue weighted by Crippen LogP contribution is 2.24. The number of hydrogen-bond donors (Lipinski definition) is 1. The minimum Gasteiger partial charge on any atom is -0.485 e. The van der Waals surface area contributed by atoms with Crippen molar-refractivity contribution in [1.29, 1.82) is 0 Å². The molecule has 1 N–H and O–H groups in total. The van der Waals surface area contributed by atoms with E-state index in [2.05, 4.69) is 35.1 Å². The molecule has 2 rings (SSSR count). The SMILES string of the molecule is CCNCc1oc(COc2cc(Br)ccc2C)cc1C. The Labute approximate surface area is 128 Å². The van der Waals surface area contributed by atoms with E-state index in [4.69, 9.17) is 9.15 Å². The molecule has 3 nitrogen and oxygen atoms in total. The Kier molecular flexibility index (Phi) is 5.26. The summed E-state index contributed by atoms with van der Waals surface area (Å²) in [6.45, 7) is 8.32. The number of nitrogens with one attached hydrogen (secondary N) is 1. The van der Waals surface area contributed by atoms with Gasteiger partial charge in [0.1, 0.15) is 23.9 Å². The molecule has 0 bridgehead atoms. The number of benzene rings is 1. The van der Waals surface area contributed by atoms with Crippen molar-refractivity contribution < 1.29 is 9.15 Å². The van der Waals surface area contributed by atoms with Gasteiger partial charge in [-0.2, -0.15) is 0 Å². The van der Waals surface area contributed by atoms with Crippen molar-refractivity contribution in [3.8, 4) is 5.75 Å². The van der Waals surface area contributed by atoms with E-state index in [9.17, 15) is 0 Å². The van der Waals surface area contributed by atoms with Crippen LogP contribution in [-0.2, 0) is 13.2 Å². The number of furan rings is 1. The highest BCUT2D eigenvalue weighted by atomic mass is 79.9. The van der Waals surface area contributed by atoms with Gasteiger partial charge >= 0.3 is 0 Å². The van der Waals surface area contributed by atoms with E-state index in [0.717, 1.165) is 46.0 Å². The first-order chi connectivity index (χ1) is 9.60. The Morgan fingerprint density at radius 1 is 1.20 bits per heavy atom. The summed E-state index contributed by atoms with van der Waals surface area (Å²) in [5.41, 5.74) is 2.28. The average Bonchev–Trinajstić information content (AvgIpc) is 2.78. The van der Waals surface area contributed by atoms with Gasteiger partial charge in [-0.1, -0.05) is 28.9 Å². The van der Waals surface area contributed by atoms with Gasteiger partial charge in [-0.15, -0.1) is 0 Å². The van der Waals surface area contributed by atoms with Crippen molar-refractivity contribution >= 4 is 15.9 Å². The second kappa shape index (κ2) is 6.95. The Morgan fingerprint density at radius 3 is 2.75 bits per heavy atom. The molecule has 0 amide bonds. The first kappa shape index (κ1) is 15.1. The molecule has 1 aromatic carbocycles. The smallest absolute Gasteiger partial charge is 0.146 e.